The molecule has 0 radical (unpaired) electrons. The molecule has 0 aliphatic carbocycles. The van der Waals surface area contributed by atoms with Crippen LogP contribution in [0.2, 0.25) is 0 Å². The summed E-state index contributed by atoms with van der Waals surface area (Å²) in [5.41, 5.74) is 0.843. The lowest BCUT2D eigenvalue weighted by Gasteiger charge is -2.26. The summed E-state index contributed by atoms with van der Waals surface area (Å²) in [5.74, 6) is -3.36. The molecule has 2 aromatic carbocycles. The van der Waals surface area contributed by atoms with Crippen molar-refractivity contribution in [2.24, 2.45) is 0 Å². The van der Waals surface area contributed by atoms with Gasteiger partial charge in [0.05, 0.1) is 17.6 Å². The quantitative estimate of drug-likeness (QED) is 0.880. The number of hydrogen-bond acceptors (Lipinski definition) is 3. The lowest BCUT2D eigenvalue weighted by Crippen LogP contribution is -2.39. The SMILES string of the molecule is CN1CCC(NC(=O)c2cccc(C(=O)O)c2)C1c1ccc(F)c(F)c1. The normalized spacial score (nSPS) is 20.1. The zero-order chi connectivity index (χ0) is 18.8. The first-order valence-corrected chi connectivity index (χ1v) is 8.16. The Morgan fingerprint density at radius 3 is 2.54 bits per heavy atom. The Bertz CT molecular complexity index is 856. The number of halogens is 2. The van der Waals surface area contributed by atoms with Gasteiger partial charge >= 0.3 is 5.97 Å². The number of carbonyl (C=O) groups excluding carboxylic acids is 1. The van der Waals surface area contributed by atoms with Crippen LogP contribution in [-0.4, -0.2) is 41.5 Å². The third-order valence-corrected chi connectivity index (χ3v) is 4.62. The lowest BCUT2D eigenvalue weighted by atomic mass is 9.99. The minimum Gasteiger partial charge on any atom is -0.478 e. The summed E-state index contributed by atoms with van der Waals surface area (Å²) in [7, 11) is 1.85. The van der Waals surface area contributed by atoms with Crippen LogP contribution in [0.25, 0.3) is 0 Å². The predicted molar refractivity (Wildman–Crippen MR) is 91.0 cm³/mol. The van der Waals surface area contributed by atoms with Gasteiger partial charge in [-0.15, -0.1) is 0 Å². The Morgan fingerprint density at radius 2 is 1.85 bits per heavy atom. The second-order valence-corrected chi connectivity index (χ2v) is 6.35. The molecule has 1 fully saturated rings. The Labute approximate surface area is 149 Å². The highest BCUT2D eigenvalue weighted by atomic mass is 19.2. The number of carbonyl (C=O) groups is 2. The van der Waals surface area contributed by atoms with Crippen molar-refractivity contribution in [3.63, 3.8) is 0 Å². The first-order chi connectivity index (χ1) is 12.4. The third kappa shape index (κ3) is 3.57. The summed E-state index contributed by atoms with van der Waals surface area (Å²) < 4.78 is 26.8. The van der Waals surface area contributed by atoms with E-state index >= 15 is 0 Å². The summed E-state index contributed by atoms with van der Waals surface area (Å²) in [6.07, 6.45) is 0.643. The van der Waals surface area contributed by atoms with E-state index in [1.54, 1.807) is 0 Å². The van der Waals surface area contributed by atoms with E-state index in [0.29, 0.717) is 18.5 Å². The molecule has 0 saturated carbocycles. The second-order valence-electron chi connectivity index (χ2n) is 6.35. The number of aromatic carboxylic acids is 1. The summed E-state index contributed by atoms with van der Waals surface area (Å²) in [5, 5.41) is 11.9. The first-order valence-electron chi connectivity index (χ1n) is 8.16. The average molecular weight is 360 g/mol. The number of carboxylic acids is 1. The van der Waals surface area contributed by atoms with Gasteiger partial charge < -0.3 is 10.4 Å². The molecule has 0 spiro atoms. The molecule has 1 amide bonds. The number of benzene rings is 2. The van der Waals surface area contributed by atoms with E-state index in [1.165, 1.54) is 30.3 Å². The number of amides is 1. The Hall–Kier alpha value is -2.80. The number of likely N-dealkylation sites (N-methyl/N-ethyl adjacent to an activating group) is 1. The van der Waals surface area contributed by atoms with Crippen LogP contribution >= 0.6 is 0 Å². The van der Waals surface area contributed by atoms with Gasteiger partial charge in [0, 0.05) is 12.1 Å². The Balaban J connectivity index is 1.81. The van der Waals surface area contributed by atoms with Gasteiger partial charge in [0.1, 0.15) is 0 Å². The standard InChI is InChI=1S/C19H18F2N2O3/c1-23-8-7-16(17(23)11-5-6-14(20)15(21)10-11)22-18(24)12-3-2-4-13(9-12)19(25)26/h2-6,9-10,16-17H,7-8H2,1H3,(H,22,24)(H,25,26). The van der Waals surface area contributed by atoms with E-state index in [1.807, 2.05) is 11.9 Å². The molecule has 2 N–H and O–H groups in total. The molecule has 2 atom stereocenters. The van der Waals surface area contributed by atoms with Crippen molar-refractivity contribution in [1.29, 1.82) is 0 Å². The van der Waals surface area contributed by atoms with E-state index in [2.05, 4.69) is 5.32 Å². The molecule has 1 aliphatic heterocycles. The molecular weight excluding hydrogens is 342 g/mol. The van der Waals surface area contributed by atoms with Crippen molar-refractivity contribution in [2.45, 2.75) is 18.5 Å². The van der Waals surface area contributed by atoms with Crippen LogP contribution in [0.1, 0.15) is 38.7 Å². The number of nitrogens with one attached hydrogen (secondary N) is 1. The van der Waals surface area contributed by atoms with Crippen LogP contribution in [0.5, 0.6) is 0 Å². The molecule has 2 aromatic rings. The fraction of sp³-hybridized carbons (Fsp3) is 0.263. The van der Waals surface area contributed by atoms with Crippen LogP contribution in [0.15, 0.2) is 42.5 Å². The van der Waals surface area contributed by atoms with Crippen molar-refractivity contribution in [2.75, 3.05) is 13.6 Å². The minimum atomic E-state index is -1.11. The molecule has 2 unspecified atom stereocenters. The molecule has 7 heteroatoms. The minimum absolute atomic E-state index is 0.0262. The molecule has 0 aromatic heterocycles. The van der Waals surface area contributed by atoms with Crippen LogP contribution in [0, 0.1) is 11.6 Å². The summed E-state index contributed by atoms with van der Waals surface area (Å²) in [6.45, 7) is 0.684. The topological polar surface area (TPSA) is 69.6 Å². The van der Waals surface area contributed by atoms with Crippen molar-refractivity contribution in [1.82, 2.24) is 10.2 Å². The van der Waals surface area contributed by atoms with E-state index in [9.17, 15) is 18.4 Å². The predicted octanol–water partition coefficient (Wildman–Crippen LogP) is 2.84. The van der Waals surface area contributed by atoms with Crippen molar-refractivity contribution >= 4 is 11.9 Å². The molecular formula is C19H18F2N2O3. The molecule has 136 valence electrons. The number of nitrogens with zero attached hydrogens (tertiary/aromatic N) is 1. The Morgan fingerprint density at radius 1 is 1.12 bits per heavy atom. The van der Waals surface area contributed by atoms with Gasteiger partial charge in [-0.05, 0) is 49.4 Å². The number of likely N-dealkylation sites (tertiary alicyclic amines) is 1. The van der Waals surface area contributed by atoms with Gasteiger partial charge in [-0.25, -0.2) is 13.6 Å². The zero-order valence-electron chi connectivity index (χ0n) is 14.1. The maximum absolute atomic E-state index is 13.6. The van der Waals surface area contributed by atoms with Gasteiger partial charge in [0.25, 0.3) is 5.91 Å². The molecule has 1 saturated heterocycles. The highest BCUT2D eigenvalue weighted by molar-refractivity contribution is 5.97. The first kappa shape index (κ1) is 18.0. The smallest absolute Gasteiger partial charge is 0.335 e. The number of hydrogen-bond donors (Lipinski definition) is 2. The third-order valence-electron chi connectivity index (χ3n) is 4.62. The summed E-state index contributed by atoms with van der Waals surface area (Å²) in [4.78, 5) is 25.5. The van der Waals surface area contributed by atoms with Crippen molar-refractivity contribution in [3.8, 4) is 0 Å². The van der Waals surface area contributed by atoms with E-state index in [4.69, 9.17) is 5.11 Å². The molecule has 5 nitrogen and oxygen atoms in total. The van der Waals surface area contributed by atoms with Gasteiger partial charge in [-0.1, -0.05) is 12.1 Å². The molecule has 0 bridgehead atoms. The maximum Gasteiger partial charge on any atom is 0.335 e. The zero-order valence-corrected chi connectivity index (χ0v) is 14.1. The van der Waals surface area contributed by atoms with Gasteiger partial charge in [0.2, 0.25) is 0 Å². The fourth-order valence-corrected chi connectivity index (χ4v) is 3.33. The van der Waals surface area contributed by atoms with Crippen LogP contribution in [0.3, 0.4) is 0 Å². The molecule has 3 rings (SSSR count). The highest BCUT2D eigenvalue weighted by Crippen LogP contribution is 2.32. The van der Waals surface area contributed by atoms with Gasteiger partial charge in [-0.3, -0.25) is 9.69 Å². The summed E-state index contributed by atoms with van der Waals surface area (Å²) in [6, 6.07) is 8.89. The second kappa shape index (κ2) is 7.21. The largest absolute Gasteiger partial charge is 0.478 e. The van der Waals surface area contributed by atoms with Crippen LogP contribution in [0.4, 0.5) is 8.78 Å². The van der Waals surface area contributed by atoms with E-state index < -0.39 is 23.5 Å². The molecule has 1 heterocycles. The number of rotatable bonds is 4. The van der Waals surface area contributed by atoms with E-state index in [-0.39, 0.29) is 23.2 Å². The van der Waals surface area contributed by atoms with Gasteiger partial charge in [-0.2, -0.15) is 0 Å². The summed E-state index contributed by atoms with van der Waals surface area (Å²) >= 11 is 0. The van der Waals surface area contributed by atoms with E-state index in [0.717, 1.165) is 12.1 Å². The lowest BCUT2D eigenvalue weighted by molar-refractivity contribution is 0.0697. The molecule has 1 aliphatic rings. The monoisotopic (exact) mass is 360 g/mol. The van der Waals surface area contributed by atoms with Crippen molar-refractivity contribution < 1.29 is 23.5 Å². The fourth-order valence-electron chi connectivity index (χ4n) is 3.33. The van der Waals surface area contributed by atoms with Crippen LogP contribution in [-0.2, 0) is 0 Å². The van der Waals surface area contributed by atoms with Gasteiger partial charge in [0.15, 0.2) is 11.6 Å². The number of carboxylic acid groups (broad SMARTS) is 1. The maximum atomic E-state index is 13.6. The molecule has 26 heavy (non-hydrogen) atoms. The Kier molecular flexibility index (Phi) is 4.99. The van der Waals surface area contributed by atoms with Crippen molar-refractivity contribution in [3.05, 3.63) is 70.8 Å². The van der Waals surface area contributed by atoms with Crippen LogP contribution < -0.4 is 5.32 Å². The average Bonchev–Trinajstić information content (AvgIpc) is 2.98. The highest BCUT2D eigenvalue weighted by Gasteiger charge is 2.34.